The summed E-state index contributed by atoms with van der Waals surface area (Å²) < 4.78 is 14.0. The molecule has 3 nitrogen and oxygen atoms in total. The third-order valence-corrected chi connectivity index (χ3v) is 3.54. The molecule has 1 fully saturated rings. The van der Waals surface area contributed by atoms with Gasteiger partial charge in [0.05, 0.1) is 5.56 Å². The summed E-state index contributed by atoms with van der Waals surface area (Å²) in [6.45, 7) is 4.30. The highest BCUT2D eigenvalue weighted by Gasteiger charge is 2.29. The van der Waals surface area contributed by atoms with Crippen molar-refractivity contribution in [1.82, 2.24) is 4.90 Å². The zero-order valence-electron chi connectivity index (χ0n) is 12.4. The summed E-state index contributed by atoms with van der Waals surface area (Å²) in [6.07, 6.45) is 2.28. The van der Waals surface area contributed by atoms with E-state index in [9.17, 15) is 9.18 Å². The van der Waals surface area contributed by atoms with Gasteiger partial charge in [0, 0.05) is 18.2 Å². The molecule has 0 radical (unpaired) electrons. The van der Waals surface area contributed by atoms with E-state index in [2.05, 4.69) is 11.8 Å². The maximum absolute atomic E-state index is 14.0. The van der Waals surface area contributed by atoms with Crippen molar-refractivity contribution in [2.75, 3.05) is 13.2 Å². The summed E-state index contributed by atoms with van der Waals surface area (Å²) in [5.41, 5.74) is 0.581. The van der Waals surface area contributed by atoms with Gasteiger partial charge in [0.2, 0.25) is 0 Å². The topological polar surface area (TPSA) is 40.5 Å². The van der Waals surface area contributed by atoms with Gasteiger partial charge in [0.1, 0.15) is 12.4 Å². The van der Waals surface area contributed by atoms with E-state index in [1.54, 1.807) is 4.90 Å². The number of benzene rings is 1. The molecule has 1 aliphatic carbocycles. The lowest BCUT2D eigenvalue weighted by atomic mass is 10.1. The number of carbonyl (C=O) groups excluding carboxylic acids is 1. The molecule has 0 unspecified atom stereocenters. The van der Waals surface area contributed by atoms with Crippen LogP contribution in [-0.4, -0.2) is 35.1 Å². The number of amides is 1. The molecule has 112 valence electrons. The van der Waals surface area contributed by atoms with E-state index >= 15 is 0 Å². The van der Waals surface area contributed by atoms with Gasteiger partial charge in [-0.2, -0.15) is 0 Å². The molecule has 0 atom stereocenters. The minimum Gasteiger partial charge on any atom is -0.384 e. The normalized spacial score (nSPS) is 13.8. The Bertz CT molecular complexity index is 582. The molecule has 1 aliphatic rings. The van der Waals surface area contributed by atoms with Crippen molar-refractivity contribution in [2.45, 2.75) is 32.7 Å². The third-order valence-electron chi connectivity index (χ3n) is 3.54. The Balaban J connectivity index is 2.26. The van der Waals surface area contributed by atoms with Gasteiger partial charge in [-0.1, -0.05) is 11.8 Å². The van der Waals surface area contributed by atoms with Gasteiger partial charge in [-0.3, -0.25) is 4.79 Å². The first-order chi connectivity index (χ1) is 10.0. The van der Waals surface area contributed by atoms with Crippen LogP contribution in [-0.2, 0) is 0 Å². The molecule has 0 saturated heterocycles. The second kappa shape index (κ2) is 6.73. The average molecular weight is 289 g/mol. The Morgan fingerprint density at radius 2 is 2.19 bits per heavy atom. The first-order valence-electron chi connectivity index (χ1n) is 7.23. The molecule has 21 heavy (non-hydrogen) atoms. The summed E-state index contributed by atoms with van der Waals surface area (Å²) in [7, 11) is 0. The summed E-state index contributed by atoms with van der Waals surface area (Å²) >= 11 is 0. The van der Waals surface area contributed by atoms with Crippen LogP contribution in [0.3, 0.4) is 0 Å². The second-order valence-electron chi connectivity index (χ2n) is 5.65. The number of nitrogens with zero attached hydrogens (tertiary/aromatic N) is 1. The van der Waals surface area contributed by atoms with Gasteiger partial charge < -0.3 is 10.0 Å². The molecule has 0 aliphatic heterocycles. The molecule has 1 aromatic carbocycles. The summed E-state index contributed by atoms with van der Waals surface area (Å²) in [4.78, 5) is 14.3. The van der Waals surface area contributed by atoms with E-state index in [0.717, 1.165) is 12.8 Å². The minimum atomic E-state index is -0.531. The molecule has 0 spiro atoms. The van der Waals surface area contributed by atoms with Gasteiger partial charge in [-0.05, 0) is 50.8 Å². The van der Waals surface area contributed by atoms with Crippen LogP contribution in [0.15, 0.2) is 18.2 Å². The lowest BCUT2D eigenvalue weighted by molar-refractivity contribution is 0.0691. The van der Waals surface area contributed by atoms with Crippen molar-refractivity contribution in [1.29, 1.82) is 0 Å². The first kappa shape index (κ1) is 15.5. The lowest BCUT2D eigenvalue weighted by Crippen LogP contribution is -2.39. The fourth-order valence-electron chi connectivity index (χ4n) is 2.17. The van der Waals surface area contributed by atoms with Crippen molar-refractivity contribution in [2.24, 2.45) is 5.92 Å². The minimum absolute atomic E-state index is 0.0321. The number of aliphatic hydroxyl groups excluding tert-OH is 1. The van der Waals surface area contributed by atoms with Crippen LogP contribution in [0.4, 0.5) is 4.39 Å². The Labute approximate surface area is 124 Å². The first-order valence-corrected chi connectivity index (χ1v) is 7.23. The second-order valence-corrected chi connectivity index (χ2v) is 5.65. The van der Waals surface area contributed by atoms with Gasteiger partial charge in [-0.15, -0.1) is 0 Å². The van der Waals surface area contributed by atoms with Crippen LogP contribution in [0, 0.1) is 23.6 Å². The largest absolute Gasteiger partial charge is 0.384 e. The fourth-order valence-corrected chi connectivity index (χ4v) is 2.17. The Hall–Kier alpha value is -1.86. The van der Waals surface area contributed by atoms with E-state index in [4.69, 9.17) is 5.11 Å². The number of aliphatic hydroxyl groups is 1. The highest BCUT2D eigenvalue weighted by molar-refractivity contribution is 5.95. The zero-order valence-corrected chi connectivity index (χ0v) is 12.4. The molecular weight excluding hydrogens is 269 g/mol. The number of rotatable bonds is 4. The van der Waals surface area contributed by atoms with E-state index < -0.39 is 5.82 Å². The van der Waals surface area contributed by atoms with Crippen LogP contribution in [0.1, 0.15) is 42.6 Å². The number of carbonyl (C=O) groups is 1. The van der Waals surface area contributed by atoms with Crippen molar-refractivity contribution < 1.29 is 14.3 Å². The maximum atomic E-state index is 14.0. The summed E-state index contributed by atoms with van der Waals surface area (Å²) in [6, 6.07) is 4.26. The average Bonchev–Trinajstić information content (AvgIpc) is 3.27. The smallest absolute Gasteiger partial charge is 0.257 e. The van der Waals surface area contributed by atoms with Gasteiger partial charge in [0.15, 0.2) is 0 Å². The monoisotopic (exact) mass is 289 g/mol. The zero-order chi connectivity index (χ0) is 15.4. The molecule has 4 heteroatoms. The predicted molar refractivity (Wildman–Crippen MR) is 79.3 cm³/mol. The van der Waals surface area contributed by atoms with Crippen molar-refractivity contribution >= 4 is 5.91 Å². The molecule has 1 saturated carbocycles. The van der Waals surface area contributed by atoms with E-state index in [1.807, 2.05) is 13.8 Å². The molecule has 1 aromatic rings. The summed E-state index contributed by atoms with van der Waals surface area (Å²) in [5.74, 6) is 4.93. The van der Waals surface area contributed by atoms with Crippen molar-refractivity contribution in [3.63, 3.8) is 0 Å². The van der Waals surface area contributed by atoms with Crippen LogP contribution < -0.4 is 0 Å². The molecule has 1 amide bonds. The van der Waals surface area contributed by atoms with Gasteiger partial charge in [0.25, 0.3) is 5.91 Å². The Morgan fingerprint density at radius 3 is 2.76 bits per heavy atom. The quantitative estimate of drug-likeness (QED) is 0.865. The Kier molecular flexibility index (Phi) is 4.98. The molecule has 2 rings (SSSR count). The molecule has 0 aromatic heterocycles. The highest BCUT2D eigenvalue weighted by Crippen LogP contribution is 2.31. The number of hydrogen-bond donors (Lipinski definition) is 1. The van der Waals surface area contributed by atoms with Crippen LogP contribution >= 0.6 is 0 Å². The standard InChI is InChI=1S/C17H20FNO2/c1-12(2)19(11-14-5-6-14)17(21)15-10-13(4-3-9-20)7-8-16(15)18/h7-8,10,12,14,20H,5-6,9,11H2,1-2H3. The predicted octanol–water partition coefficient (Wildman–Crippen LogP) is 2.43. The molecular formula is C17H20FNO2. The fraction of sp³-hybridized carbons (Fsp3) is 0.471. The van der Waals surface area contributed by atoms with E-state index in [-0.39, 0.29) is 24.1 Å². The van der Waals surface area contributed by atoms with Crippen LogP contribution in [0.5, 0.6) is 0 Å². The number of hydrogen-bond acceptors (Lipinski definition) is 2. The molecule has 0 bridgehead atoms. The van der Waals surface area contributed by atoms with Gasteiger partial charge >= 0.3 is 0 Å². The van der Waals surface area contributed by atoms with Crippen LogP contribution in [0.2, 0.25) is 0 Å². The highest BCUT2D eigenvalue weighted by atomic mass is 19.1. The summed E-state index contributed by atoms with van der Waals surface area (Å²) in [5, 5.41) is 8.70. The third kappa shape index (κ3) is 4.05. The van der Waals surface area contributed by atoms with Crippen LogP contribution in [0.25, 0.3) is 0 Å². The number of halogens is 1. The van der Waals surface area contributed by atoms with Crippen molar-refractivity contribution in [3.05, 3.63) is 35.1 Å². The van der Waals surface area contributed by atoms with E-state index in [0.29, 0.717) is 18.0 Å². The molecule has 0 heterocycles. The lowest BCUT2D eigenvalue weighted by Gasteiger charge is -2.27. The Morgan fingerprint density at radius 1 is 1.48 bits per heavy atom. The maximum Gasteiger partial charge on any atom is 0.257 e. The van der Waals surface area contributed by atoms with E-state index in [1.165, 1.54) is 18.2 Å². The SMILES string of the molecule is CC(C)N(CC1CC1)C(=O)c1cc(C#CCO)ccc1F. The molecule has 1 N–H and O–H groups in total. The van der Waals surface area contributed by atoms with Gasteiger partial charge in [-0.25, -0.2) is 4.39 Å². The van der Waals surface area contributed by atoms with Crippen molar-refractivity contribution in [3.8, 4) is 11.8 Å².